The number of benzene rings is 2. The maximum atomic E-state index is 12.6. The van der Waals surface area contributed by atoms with E-state index in [-0.39, 0.29) is 11.3 Å². The second-order valence-electron chi connectivity index (χ2n) is 3.81. The van der Waals surface area contributed by atoms with Crippen LogP contribution in [0, 0.1) is 0 Å². The first-order chi connectivity index (χ1) is 10.8. The Balaban J connectivity index is 2.48. The predicted octanol–water partition coefficient (Wildman–Crippen LogP) is 2.60. The first kappa shape index (κ1) is 6.50. The van der Waals surface area contributed by atoms with Crippen LogP contribution in [0.4, 0.5) is 0 Å². The molecule has 3 nitrogen and oxygen atoms in total. The number of aryl methyl sites for hydroxylation is 1. The van der Waals surface area contributed by atoms with Gasteiger partial charge in [0.2, 0.25) is 0 Å². The first-order valence-electron chi connectivity index (χ1n) is 7.87. The van der Waals surface area contributed by atoms with Gasteiger partial charge in [0.1, 0.15) is 5.69 Å². The molecule has 0 radical (unpaired) electrons. The zero-order chi connectivity index (χ0) is 16.9. The maximum absolute atomic E-state index is 12.6. The summed E-state index contributed by atoms with van der Waals surface area (Å²) in [6, 6.07) is 4.62. The van der Waals surface area contributed by atoms with Crippen LogP contribution in [0.25, 0.3) is 22.3 Å². The average Bonchev–Trinajstić information content (AvgIpc) is 2.55. The van der Waals surface area contributed by atoms with Gasteiger partial charge in [-0.2, -0.15) is 0 Å². The number of para-hydroxylation sites is 2. The minimum atomic E-state index is -0.512. The zero-order valence-electron chi connectivity index (χ0n) is 14.6. The summed E-state index contributed by atoms with van der Waals surface area (Å²) >= 11 is 0. The second-order valence-corrected chi connectivity index (χ2v) is 3.81. The van der Waals surface area contributed by atoms with Crippen LogP contribution in [0.2, 0.25) is 0 Å². The van der Waals surface area contributed by atoms with Gasteiger partial charge in [-0.3, -0.25) is 4.79 Å². The van der Waals surface area contributed by atoms with Crippen LogP contribution in [0.1, 0.15) is 6.85 Å². The van der Waals surface area contributed by atoms with Gasteiger partial charge in [0, 0.05) is 12.6 Å². The fourth-order valence-electron chi connectivity index (χ4n) is 1.81. The average molecular weight is 241 g/mol. The van der Waals surface area contributed by atoms with E-state index < -0.39 is 35.8 Å². The van der Waals surface area contributed by atoms with Crippen molar-refractivity contribution in [2.75, 3.05) is 0 Å². The Morgan fingerprint density at radius 2 is 1.89 bits per heavy atom. The lowest BCUT2D eigenvalue weighted by Crippen LogP contribution is -2.20. The lowest BCUT2D eigenvalue weighted by atomic mass is 10.1. The van der Waals surface area contributed by atoms with Gasteiger partial charge in [0.05, 0.1) is 17.9 Å². The van der Waals surface area contributed by atoms with Gasteiger partial charge in [-0.05, 0) is 12.1 Å². The van der Waals surface area contributed by atoms with Crippen molar-refractivity contribution in [3.05, 3.63) is 64.8 Å². The molecule has 18 heavy (non-hydrogen) atoms. The quantitative estimate of drug-likeness (QED) is 0.656. The molecule has 3 heteroatoms. The fraction of sp³-hybridized carbons (Fsp3) is 0.0667. The van der Waals surface area contributed by atoms with E-state index in [1.54, 1.807) is 31.3 Å². The first-order valence-corrected chi connectivity index (χ1v) is 5.37. The summed E-state index contributed by atoms with van der Waals surface area (Å²) in [4.78, 5) is 16.8. The fourth-order valence-corrected chi connectivity index (χ4v) is 1.81. The van der Waals surface area contributed by atoms with E-state index in [9.17, 15) is 4.79 Å². The SMILES string of the molecule is [2H]c1c([2H])c([2H])c(-c2nc3ccccc3n(C)c2=O)c([2H])c1[2H]. The predicted molar refractivity (Wildman–Crippen MR) is 72.4 cm³/mol. The van der Waals surface area contributed by atoms with Crippen LogP contribution in [0.3, 0.4) is 0 Å². The van der Waals surface area contributed by atoms with Crippen molar-refractivity contribution in [2.24, 2.45) is 7.05 Å². The number of hydrogen-bond donors (Lipinski definition) is 0. The summed E-state index contributed by atoms with van der Waals surface area (Å²) < 4.78 is 40.4. The Labute approximate surface area is 111 Å². The van der Waals surface area contributed by atoms with Crippen molar-refractivity contribution in [1.29, 1.82) is 0 Å². The van der Waals surface area contributed by atoms with Crippen molar-refractivity contribution in [3.8, 4) is 11.3 Å². The van der Waals surface area contributed by atoms with Gasteiger partial charge >= 0.3 is 0 Å². The van der Waals surface area contributed by atoms with E-state index in [1.165, 1.54) is 4.57 Å². The Hall–Kier alpha value is -2.42. The minimum absolute atomic E-state index is 0.150. The minimum Gasteiger partial charge on any atom is -0.308 e. The number of hydrogen-bond acceptors (Lipinski definition) is 2. The van der Waals surface area contributed by atoms with Crippen molar-refractivity contribution < 1.29 is 6.85 Å². The third-order valence-corrected chi connectivity index (χ3v) is 2.72. The molecule has 0 spiro atoms. The van der Waals surface area contributed by atoms with Crippen molar-refractivity contribution in [2.45, 2.75) is 0 Å². The molecule has 0 fully saturated rings. The highest BCUT2D eigenvalue weighted by atomic mass is 16.1. The topological polar surface area (TPSA) is 34.9 Å². The zero-order valence-corrected chi connectivity index (χ0v) is 9.61. The smallest absolute Gasteiger partial charge is 0.277 e. The molecule has 0 saturated carbocycles. The second kappa shape index (κ2) is 4.11. The molecule has 0 saturated heterocycles. The van der Waals surface area contributed by atoms with Crippen LogP contribution in [-0.4, -0.2) is 9.55 Å². The molecule has 0 amide bonds. The van der Waals surface area contributed by atoms with E-state index in [0.717, 1.165) is 0 Å². The summed E-state index contributed by atoms with van der Waals surface area (Å²) in [7, 11) is 1.56. The third kappa shape index (κ3) is 1.61. The highest BCUT2D eigenvalue weighted by molar-refractivity contribution is 5.77. The molecular weight excluding hydrogens is 224 g/mol. The van der Waals surface area contributed by atoms with Crippen LogP contribution >= 0.6 is 0 Å². The van der Waals surface area contributed by atoms with E-state index in [2.05, 4.69) is 4.98 Å². The number of rotatable bonds is 1. The van der Waals surface area contributed by atoms with Crippen LogP contribution in [0.15, 0.2) is 59.3 Å². The number of fused-ring (bicyclic) bond motifs is 1. The monoisotopic (exact) mass is 241 g/mol. The lowest BCUT2D eigenvalue weighted by Gasteiger charge is -2.07. The van der Waals surface area contributed by atoms with Gasteiger partial charge in [-0.15, -0.1) is 0 Å². The Morgan fingerprint density at radius 3 is 2.67 bits per heavy atom. The molecule has 0 N–H and O–H groups in total. The molecular formula is C15H12N2O. The van der Waals surface area contributed by atoms with Crippen LogP contribution in [-0.2, 0) is 7.05 Å². The van der Waals surface area contributed by atoms with Gasteiger partial charge in [-0.1, -0.05) is 42.3 Å². The molecule has 1 aromatic heterocycles. The Morgan fingerprint density at radius 1 is 1.17 bits per heavy atom. The Kier molecular flexibility index (Phi) is 1.48. The molecule has 0 bridgehead atoms. The summed E-state index contributed by atoms with van der Waals surface area (Å²) in [5.41, 5.74) is 0.276. The summed E-state index contributed by atoms with van der Waals surface area (Å²) in [5.74, 6) is 0. The summed E-state index contributed by atoms with van der Waals surface area (Å²) in [5, 5.41) is 0. The third-order valence-electron chi connectivity index (χ3n) is 2.72. The molecule has 0 aliphatic carbocycles. The number of nitrogens with zero attached hydrogens (tertiary/aromatic N) is 2. The normalized spacial score (nSPS) is 14.6. The number of aromatic nitrogens is 2. The van der Waals surface area contributed by atoms with E-state index in [4.69, 9.17) is 6.85 Å². The standard InChI is InChI=1S/C15H12N2O/c1-17-13-10-6-5-9-12(13)16-14(15(17)18)11-7-3-2-4-8-11/h2-10H,1H3/i2D,3D,4D,7D,8D. The largest absolute Gasteiger partial charge is 0.308 e. The molecule has 1 heterocycles. The van der Waals surface area contributed by atoms with Crippen molar-refractivity contribution >= 4 is 11.0 Å². The highest BCUT2D eigenvalue weighted by Gasteiger charge is 2.09. The lowest BCUT2D eigenvalue weighted by molar-refractivity contribution is 0.896. The molecule has 3 rings (SSSR count). The van der Waals surface area contributed by atoms with Crippen LogP contribution < -0.4 is 5.56 Å². The molecule has 0 aliphatic rings. The van der Waals surface area contributed by atoms with Gasteiger partial charge < -0.3 is 4.57 Å². The van der Waals surface area contributed by atoms with Crippen LogP contribution in [0.5, 0.6) is 0 Å². The van der Waals surface area contributed by atoms with Gasteiger partial charge in [-0.25, -0.2) is 4.98 Å². The van der Waals surface area contributed by atoms with Gasteiger partial charge in [0.15, 0.2) is 0 Å². The molecule has 0 unspecified atom stereocenters. The van der Waals surface area contributed by atoms with Crippen molar-refractivity contribution in [1.82, 2.24) is 9.55 Å². The Bertz CT molecular complexity index is 984. The van der Waals surface area contributed by atoms with Gasteiger partial charge in [0.25, 0.3) is 5.56 Å². The maximum Gasteiger partial charge on any atom is 0.277 e. The molecule has 2 aromatic carbocycles. The van der Waals surface area contributed by atoms with E-state index in [1.807, 2.05) is 0 Å². The van der Waals surface area contributed by atoms with Crippen molar-refractivity contribution in [3.63, 3.8) is 0 Å². The highest BCUT2D eigenvalue weighted by Crippen LogP contribution is 2.16. The van der Waals surface area contributed by atoms with E-state index in [0.29, 0.717) is 11.0 Å². The molecule has 88 valence electrons. The molecule has 0 aliphatic heterocycles. The molecule has 3 aromatic rings. The molecule has 0 atom stereocenters. The summed E-state index contributed by atoms with van der Waals surface area (Å²) in [6.07, 6.45) is 0. The van der Waals surface area contributed by atoms with E-state index >= 15 is 0 Å². The summed E-state index contributed by atoms with van der Waals surface area (Å²) in [6.45, 7) is 0.